The number of benzene rings is 2. The lowest BCUT2D eigenvalue weighted by Crippen LogP contribution is -2.56. The molecule has 1 aliphatic rings. The second-order valence-electron chi connectivity index (χ2n) is 7.74. The Bertz CT molecular complexity index is 1160. The smallest absolute Gasteiger partial charge is 0.435 e. The molecule has 2 aromatic rings. The zero-order chi connectivity index (χ0) is 25.7. The van der Waals surface area contributed by atoms with Gasteiger partial charge in [-0.1, -0.05) is 24.3 Å². The minimum Gasteiger partial charge on any atom is -0.465 e. The molecule has 0 atom stereocenters. The topological polar surface area (TPSA) is 83.5 Å². The lowest BCUT2D eigenvalue weighted by molar-refractivity contribution is -0.348. The van der Waals surface area contributed by atoms with Crippen LogP contribution in [-0.2, 0) is 20.3 Å². The largest absolute Gasteiger partial charge is 0.465 e. The molecule has 1 fully saturated rings. The number of halogens is 8. The van der Waals surface area contributed by atoms with E-state index in [1.807, 2.05) is 5.32 Å². The molecule has 2 aromatic carbocycles. The average molecular weight is 517 g/mol. The molecule has 1 aliphatic carbocycles. The molecular formula is C20H15F8NO4S. The summed E-state index contributed by atoms with van der Waals surface area (Å²) in [6, 6.07) is 4.22. The summed E-state index contributed by atoms with van der Waals surface area (Å²) in [5.41, 5.74) is -7.78. The highest BCUT2D eigenvalue weighted by Gasteiger charge is 2.73. The van der Waals surface area contributed by atoms with Crippen LogP contribution >= 0.6 is 0 Å². The number of sulfone groups is 1. The number of rotatable bonds is 5. The van der Waals surface area contributed by atoms with Crippen LogP contribution in [0, 0.1) is 5.82 Å². The fraction of sp³-hybridized carbons (Fsp3) is 0.350. The molecule has 2 N–H and O–H groups in total. The SMILES string of the molecule is O=C(O)NC1CC(c2ccc(C(F)(C(F)(F)F)C(F)(F)F)cc2)(S(=O)(=O)c2ccc(F)cc2)C1. The number of alkyl halides is 7. The van der Waals surface area contributed by atoms with Gasteiger partial charge in [-0.25, -0.2) is 22.0 Å². The predicted molar refractivity (Wildman–Crippen MR) is 101 cm³/mol. The van der Waals surface area contributed by atoms with E-state index in [1.54, 1.807) is 0 Å². The minimum atomic E-state index is -6.35. The van der Waals surface area contributed by atoms with Crippen LogP contribution in [0.1, 0.15) is 24.0 Å². The van der Waals surface area contributed by atoms with Gasteiger partial charge in [-0.15, -0.1) is 0 Å². The van der Waals surface area contributed by atoms with E-state index in [1.165, 1.54) is 0 Å². The molecule has 5 nitrogen and oxygen atoms in total. The molecule has 14 heteroatoms. The summed E-state index contributed by atoms with van der Waals surface area (Å²) in [7, 11) is -4.45. The van der Waals surface area contributed by atoms with Crippen molar-refractivity contribution in [3.8, 4) is 0 Å². The van der Waals surface area contributed by atoms with E-state index in [4.69, 9.17) is 5.11 Å². The fourth-order valence-corrected chi connectivity index (χ4v) is 6.19. The average Bonchev–Trinajstić information content (AvgIpc) is 2.68. The van der Waals surface area contributed by atoms with Crippen LogP contribution in [0.15, 0.2) is 53.4 Å². The first-order chi connectivity index (χ1) is 15.5. The second kappa shape index (κ2) is 8.10. The second-order valence-corrected chi connectivity index (χ2v) is 10.00. The molecule has 0 radical (unpaired) electrons. The summed E-state index contributed by atoms with van der Waals surface area (Å²) in [6.07, 6.45) is -15.0. The van der Waals surface area contributed by atoms with E-state index in [0.717, 1.165) is 24.3 Å². The number of nitrogens with one attached hydrogen (secondary N) is 1. The van der Waals surface area contributed by atoms with Crippen molar-refractivity contribution in [1.29, 1.82) is 0 Å². The predicted octanol–water partition coefficient (Wildman–Crippen LogP) is 5.21. The van der Waals surface area contributed by atoms with Gasteiger partial charge < -0.3 is 10.4 Å². The highest BCUT2D eigenvalue weighted by molar-refractivity contribution is 7.92. The molecule has 0 bridgehead atoms. The number of carboxylic acid groups (broad SMARTS) is 1. The van der Waals surface area contributed by atoms with Gasteiger partial charge in [0.05, 0.1) is 4.90 Å². The number of amides is 1. The van der Waals surface area contributed by atoms with Gasteiger partial charge in [-0.05, 0) is 42.7 Å². The Morgan fingerprint density at radius 1 is 0.882 bits per heavy atom. The number of carbonyl (C=O) groups is 1. The van der Waals surface area contributed by atoms with Crippen LogP contribution < -0.4 is 5.32 Å². The normalized spacial score (nSPS) is 21.6. The van der Waals surface area contributed by atoms with Crippen LogP contribution in [0.4, 0.5) is 39.9 Å². The van der Waals surface area contributed by atoms with Gasteiger partial charge >= 0.3 is 24.1 Å². The van der Waals surface area contributed by atoms with Gasteiger partial charge in [0.1, 0.15) is 10.6 Å². The first kappa shape index (κ1) is 25.7. The minimum absolute atomic E-state index is 0.191. The van der Waals surface area contributed by atoms with Crippen molar-refractivity contribution >= 4 is 15.9 Å². The summed E-state index contributed by atoms with van der Waals surface area (Å²) in [6.45, 7) is 0. The third kappa shape index (κ3) is 3.97. The van der Waals surface area contributed by atoms with Crippen molar-refractivity contribution in [2.75, 3.05) is 0 Å². The summed E-state index contributed by atoms with van der Waals surface area (Å²) in [5.74, 6) is -0.769. The van der Waals surface area contributed by atoms with Crippen LogP contribution in [-0.4, -0.2) is 38.0 Å². The van der Waals surface area contributed by atoms with Crippen LogP contribution in [0.2, 0.25) is 0 Å². The molecule has 0 unspecified atom stereocenters. The van der Waals surface area contributed by atoms with Crippen molar-refractivity contribution < 1.29 is 53.4 Å². The Hall–Kier alpha value is -2.90. The summed E-state index contributed by atoms with van der Waals surface area (Å²) < 4.78 is 130. The van der Waals surface area contributed by atoms with Gasteiger partial charge in [0.2, 0.25) is 0 Å². The molecule has 0 spiro atoms. The van der Waals surface area contributed by atoms with Crippen LogP contribution in [0.3, 0.4) is 0 Å². The van der Waals surface area contributed by atoms with E-state index in [0.29, 0.717) is 12.1 Å². The van der Waals surface area contributed by atoms with Gasteiger partial charge in [-0.3, -0.25) is 0 Å². The zero-order valence-corrected chi connectivity index (χ0v) is 17.5. The Morgan fingerprint density at radius 2 is 1.35 bits per heavy atom. The zero-order valence-electron chi connectivity index (χ0n) is 16.7. The van der Waals surface area contributed by atoms with Gasteiger partial charge in [-0.2, -0.15) is 26.3 Å². The van der Waals surface area contributed by atoms with Crippen LogP contribution in [0.25, 0.3) is 0 Å². The summed E-state index contributed by atoms with van der Waals surface area (Å²) >= 11 is 0. The Kier molecular flexibility index (Phi) is 6.13. The van der Waals surface area contributed by atoms with E-state index < -0.39 is 73.9 Å². The Morgan fingerprint density at radius 3 is 1.76 bits per heavy atom. The lowest BCUT2D eigenvalue weighted by Gasteiger charge is -2.47. The van der Waals surface area contributed by atoms with E-state index in [-0.39, 0.29) is 17.7 Å². The maximum Gasteiger partial charge on any atom is 0.435 e. The summed E-state index contributed by atoms with van der Waals surface area (Å²) in [5, 5.41) is 10.9. The molecule has 0 saturated heterocycles. The standard InChI is InChI=1S/C20H15F8NO4S/c21-13-5-7-15(8-6-13)34(32,33)17(9-14(10-17)29-16(30)31)11-1-3-12(4-2-11)18(22,19(23,24)25)20(26,27)28/h1-8,14,29H,9-10H2,(H,30,31). The lowest BCUT2D eigenvalue weighted by atomic mass is 9.74. The molecule has 3 rings (SSSR count). The molecule has 1 saturated carbocycles. The molecule has 186 valence electrons. The van der Waals surface area contributed by atoms with E-state index in [9.17, 15) is 48.3 Å². The molecule has 0 heterocycles. The van der Waals surface area contributed by atoms with Crippen molar-refractivity contribution in [2.24, 2.45) is 0 Å². The molecule has 34 heavy (non-hydrogen) atoms. The number of hydrogen-bond acceptors (Lipinski definition) is 3. The highest BCUT2D eigenvalue weighted by atomic mass is 32.2. The van der Waals surface area contributed by atoms with Gasteiger partial charge in [0, 0.05) is 11.6 Å². The van der Waals surface area contributed by atoms with Crippen molar-refractivity contribution in [3.63, 3.8) is 0 Å². The molecular weight excluding hydrogens is 502 g/mol. The van der Waals surface area contributed by atoms with Crippen molar-refractivity contribution in [1.82, 2.24) is 5.32 Å². The quantitative estimate of drug-likeness (QED) is 0.421. The first-order valence-electron chi connectivity index (χ1n) is 9.39. The third-order valence-corrected chi connectivity index (χ3v) is 8.20. The Balaban J connectivity index is 2.10. The number of hydrogen-bond donors (Lipinski definition) is 2. The van der Waals surface area contributed by atoms with E-state index >= 15 is 0 Å². The van der Waals surface area contributed by atoms with Crippen molar-refractivity contribution in [3.05, 3.63) is 65.5 Å². The maximum absolute atomic E-state index is 14.3. The van der Waals surface area contributed by atoms with Crippen molar-refractivity contribution in [2.45, 2.75) is 46.5 Å². The first-order valence-corrected chi connectivity index (χ1v) is 10.9. The van der Waals surface area contributed by atoms with Gasteiger partial charge in [0.15, 0.2) is 9.84 Å². The van der Waals surface area contributed by atoms with Gasteiger partial charge in [0.25, 0.3) is 0 Å². The highest BCUT2D eigenvalue weighted by Crippen LogP contribution is 2.55. The maximum atomic E-state index is 14.3. The monoisotopic (exact) mass is 517 g/mol. The van der Waals surface area contributed by atoms with Crippen LogP contribution in [0.5, 0.6) is 0 Å². The third-order valence-electron chi connectivity index (χ3n) is 5.71. The molecule has 0 aliphatic heterocycles. The molecule has 1 amide bonds. The van der Waals surface area contributed by atoms with E-state index in [2.05, 4.69) is 0 Å². The molecule has 0 aromatic heterocycles. The Labute approximate surface area is 187 Å². The fourth-order valence-electron chi connectivity index (χ4n) is 3.95. The summed E-state index contributed by atoms with van der Waals surface area (Å²) in [4.78, 5) is 10.5.